The lowest BCUT2D eigenvalue weighted by Crippen LogP contribution is -2.16. The molecular formula is C4H6ClN3O. The molecule has 0 fully saturated rings. The Morgan fingerprint density at radius 3 is 2.78 bits per heavy atom. The molecular weight excluding hydrogens is 142 g/mol. The highest BCUT2D eigenvalue weighted by Crippen LogP contribution is 1.91. The molecule has 0 saturated carbocycles. The van der Waals surface area contributed by atoms with E-state index in [0.717, 1.165) is 0 Å². The Morgan fingerprint density at radius 1 is 1.89 bits per heavy atom. The summed E-state index contributed by atoms with van der Waals surface area (Å²) in [5.74, 6) is 0. The normalized spacial score (nSPS) is 10.0. The summed E-state index contributed by atoms with van der Waals surface area (Å²) in [4.78, 5) is 13.0. The van der Waals surface area contributed by atoms with Crippen LogP contribution in [0.2, 0.25) is 5.28 Å². The van der Waals surface area contributed by atoms with Crippen molar-refractivity contribution in [3.05, 3.63) is 15.8 Å². The van der Waals surface area contributed by atoms with E-state index in [4.69, 9.17) is 11.6 Å². The van der Waals surface area contributed by atoms with Gasteiger partial charge in [0.1, 0.15) is 0 Å². The molecule has 0 aliphatic carbocycles. The highest BCUT2D eigenvalue weighted by atomic mass is 35.5. The Morgan fingerprint density at radius 2 is 2.56 bits per heavy atom. The number of rotatable bonds is 1. The van der Waals surface area contributed by atoms with Crippen molar-refractivity contribution in [3.63, 3.8) is 0 Å². The molecule has 0 aliphatic rings. The molecule has 50 valence electrons. The van der Waals surface area contributed by atoms with Crippen LogP contribution in [0.3, 0.4) is 0 Å². The number of hydrogen-bond acceptors (Lipinski definition) is 2. The molecule has 0 radical (unpaired) electrons. The largest absolute Gasteiger partial charge is 0.344 e. The van der Waals surface area contributed by atoms with E-state index in [9.17, 15) is 4.79 Å². The summed E-state index contributed by atoms with van der Waals surface area (Å²) >= 11 is 5.36. The van der Waals surface area contributed by atoms with Gasteiger partial charge in [0.25, 0.3) is 0 Å². The number of aromatic amines is 1. The van der Waals surface area contributed by atoms with Crippen LogP contribution in [-0.4, -0.2) is 14.8 Å². The summed E-state index contributed by atoms with van der Waals surface area (Å²) in [5.41, 5.74) is -0.262. The molecule has 0 bridgehead atoms. The molecule has 1 rings (SSSR count). The number of hydrogen-bond donors (Lipinski definition) is 1. The average Bonchev–Trinajstić information content (AvgIpc) is 2.10. The lowest BCUT2D eigenvalue weighted by Gasteiger charge is -1.85. The first-order valence-electron chi connectivity index (χ1n) is 2.56. The highest BCUT2D eigenvalue weighted by Gasteiger charge is 1.96. The highest BCUT2D eigenvalue weighted by molar-refractivity contribution is 6.28. The fourth-order valence-corrected chi connectivity index (χ4v) is 0.716. The van der Waals surface area contributed by atoms with Crippen LogP contribution in [0.15, 0.2) is 4.79 Å². The van der Waals surface area contributed by atoms with Gasteiger partial charge in [0.15, 0.2) is 0 Å². The van der Waals surface area contributed by atoms with E-state index in [0.29, 0.717) is 6.54 Å². The number of H-pyrrole nitrogens is 1. The van der Waals surface area contributed by atoms with Gasteiger partial charge in [-0.15, -0.1) is 5.10 Å². The maximum Gasteiger partial charge on any atom is 0.344 e. The molecule has 1 aromatic rings. The molecule has 0 spiro atoms. The van der Waals surface area contributed by atoms with E-state index in [1.807, 2.05) is 6.92 Å². The van der Waals surface area contributed by atoms with Crippen molar-refractivity contribution in [1.29, 1.82) is 0 Å². The van der Waals surface area contributed by atoms with E-state index in [1.165, 1.54) is 4.68 Å². The maximum absolute atomic E-state index is 10.6. The first-order valence-corrected chi connectivity index (χ1v) is 2.94. The summed E-state index contributed by atoms with van der Waals surface area (Å²) in [6, 6.07) is 0. The van der Waals surface area contributed by atoms with Gasteiger partial charge in [-0.25, -0.2) is 9.48 Å². The molecule has 1 aromatic heterocycles. The predicted molar refractivity (Wildman–Crippen MR) is 33.5 cm³/mol. The summed E-state index contributed by atoms with van der Waals surface area (Å²) < 4.78 is 1.25. The zero-order chi connectivity index (χ0) is 6.85. The van der Waals surface area contributed by atoms with Gasteiger partial charge in [-0.1, -0.05) is 0 Å². The van der Waals surface area contributed by atoms with Crippen LogP contribution in [0.4, 0.5) is 0 Å². The third kappa shape index (κ3) is 1.13. The molecule has 0 amide bonds. The van der Waals surface area contributed by atoms with Crippen molar-refractivity contribution < 1.29 is 0 Å². The average molecular weight is 148 g/mol. The van der Waals surface area contributed by atoms with E-state index in [-0.39, 0.29) is 11.0 Å². The van der Waals surface area contributed by atoms with Crippen molar-refractivity contribution in [1.82, 2.24) is 14.8 Å². The zero-order valence-electron chi connectivity index (χ0n) is 4.89. The summed E-state index contributed by atoms with van der Waals surface area (Å²) in [5, 5.41) is 3.78. The van der Waals surface area contributed by atoms with Crippen LogP contribution in [-0.2, 0) is 6.54 Å². The van der Waals surface area contributed by atoms with Gasteiger partial charge in [-0.2, -0.15) is 0 Å². The van der Waals surface area contributed by atoms with Crippen molar-refractivity contribution in [3.8, 4) is 0 Å². The SMILES string of the molecule is CCn1nc(Cl)[nH]c1=O. The fraction of sp³-hybridized carbons (Fsp3) is 0.500. The van der Waals surface area contributed by atoms with Crippen LogP contribution in [0.1, 0.15) is 6.92 Å². The van der Waals surface area contributed by atoms with Gasteiger partial charge in [-0.05, 0) is 18.5 Å². The van der Waals surface area contributed by atoms with Crippen molar-refractivity contribution in [2.75, 3.05) is 0 Å². The smallest absolute Gasteiger partial charge is 0.279 e. The fourth-order valence-electron chi connectivity index (χ4n) is 0.543. The lowest BCUT2D eigenvalue weighted by atomic mass is 10.8. The van der Waals surface area contributed by atoms with E-state index < -0.39 is 0 Å². The lowest BCUT2D eigenvalue weighted by molar-refractivity contribution is 0.634. The van der Waals surface area contributed by atoms with Gasteiger partial charge in [-0.3, -0.25) is 4.98 Å². The van der Waals surface area contributed by atoms with E-state index in [2.05, 4.69) is 10.1 Å². The van der Waals surface area contributed by atoms with E-state index in [1.54, 1.807) is 0 Å². The van der Waals surface area contributed by atoms with Gasteiger partial charge < -0.3 is 0 Å². The molecule has 1 N–H and O–H groups in total. The zero-order valence-corrected chi connectivity index (χ0v) is 5.64. The Balaban J connectivity index is 3.16. The quantitative estimate of drug-likeness (QED) is 0.619. The second-order valence-electron chi connectivity index (χ2n) is 1.54. The molecule has 1 heterocycles. The number of nitrogens with zero attached hydrogens (tertiary/aromatic N) is 2. The van der Waals surface area contributed by atoms with Gasteiger partial charge in [0, 0.05) is 6.54 Å². The number of aryl methyl sites for hydroxylation is 1. The Hall–Kier alpha value is -0.770. The van der Waals surface area contributed by atoms with Crippen molar-refractivity contribution in [2.24, 2.45) is 0 Å². The Bertz CT molecular complexity index is 251. The minimum atomic E-state index is -0.262. The molecule has 0 saturated heterocycles. The van der Waals surface area contributed by atoms with Crippen LogP contribution in [0, 0.1) is 0 Å². The van der Waals surface area contributed by atoms with Crippen LogP contribution in [0.5, 0.6) is 0 Å². The molecule has 0 unspecified atom stereocenters. The first kappa shape index (κ1) is 6.35. The minimum Gasteiger partial charge on any atom is -0.279 e. The second kappa shape index (κ2) is 2.23. The molecule has 0 atom stereocenters. The first-order chi connectivity index (χ1) is 4.24. The second-order valence-corrected chi connectivity index (χ2v) is 1.89. The third-order valence-corrected chi connectivity index (χ3v) is 1.12. The van der Waals surface area contributed by atoms with E-state index >= 15 is 0 Å². The number of halogens is 1. The molecule has 0 aromatic carbocycles. The summed E-state index contributed by atoms with van der Waals surface area (Å²) in [7, 11) is 0. The topological polar surface area (TPSA) is 50.7 Å². The summed E-state index contributed by atoms with van der Waals surface area (Å²) in [6.45, 7) is 2.36. The minimum absolute atomic E-state index is 0.141. The monoisotopic (exact) mass is 147 g/mol. The third-order valence-electron chi connectivity index (χ3n) is 0.953. The summed E-state index contributed by atoms with van der Waals surface area (Å²) in [6.07, 6.45) is 0. The molecule has 0 aliphatic heterocycles. The maximum atomic E-state index is 10.6. The van der Waals surface area contributed by atoms with Gasteiger partial charge >= 0.3 is 5.69 Å². The number of aromatic nitrogens is 3. The standard InChI is InChI=1S/C4H6ClN3O/c1-2-8-4(9)6-3(5)7-8/h2H2,1H3,(H,6,7,9). The Kier molecular flexibility index (Phi) is 1.57. The van der Waals surface area contributed by atoms with Gasteiger partial charge in [0.05, 0.1) is 0 Å². The van der Waals surface area contributed by atoms with Crippen LogP contribution in [0.25, 0.3) is 0 Å². The van der Waals surface area contributed by atoms with Crippen LogP contribution >= 0.6 is 11.6 Å². The van der Waals surface area contributed by atoms with Crippen molar-refractivity contribution >= 4 is 11.6 Å². The predicted octanol–water partition coefficient (Wildman–Crippen LogP) is 0.245. The molecule has 4 nitrogen and oxygen atoms in total. The van der Waals surface area contributed by atoms with Crippen molar-refractivity contribution in [2.45, 2.75) is 13.5 Å². The number of nitrogens with one attached hydrogen (secondary N) is 1. The van der Waals surface area contributed by atoms with Crippen LogP contribution < -0.4 is 5.69 Å². The van der Waals surface area contributed by atoms with Gasteiger partial charge in [0.2, 0.25) is 5.28 Å². The molecule has 9 heavy (non-hydrogen) atoms. The Labute approximate surface area is 56.5 Å². The molecule has 5 heteroatoms.